The van der Waals surface area contributed by atoms with Gasteiger partial charge in [0.2, 0.25) is 5.95 Å². The molecule has 2 N–H and O–H groups in total. The average Bonchev–Trinajstić information content (AvgIpc) is 3.07. The van der Waals surface area contributed by atoms with Crippen LogP contribution >= 0.6 is 11.8 Å². The summed E-state index contributed by atoms with van der Waals surface area (Å²) in [7, 11) is 0. The van der Waals surface area contributed by atoms with E-state index in [1.165, 1.54) is 0 Å². The van der Waals surface area contributed by atoms with E-state index < -0.39 is 11.1 Å². The molecule has 2 aromatic rings. The molecule has 36 heavy (non-hydrogen) atoms. The first-order valence-electron chi connectivity index (χ1n) is 11.9. The van der Waals surface area contributed by atoms with Crippen LogP contribution in [0.3, 0.4) is 0 Å². The quantitative estimate of drug-likeness (QED) is 0.599. The van der Waals surface area contributed by atoms with Crippen LogP contribution in [0.1, 0.15) is 12.1 Å². The van der Waals surface area contributed by atoms with Crippen LogP contribution in [0.15, 0.2) is 41.3 Å². The Morgan fingerprint density at radius 3 is 2.56 bits per heavy atom. The molecule has 11 nitrogen and oxygen atoms in total. The fourth-order valence-electron chi connectivity index (χ4n) is 4.21. The van der Waals surface area contributed by atoms with E-state index in [0.717, 1.165) is 29.7 Å². The zero-order chi connectivity index (χ0) is 24.9. The van der Waals surface area contributed by atoms with Gasteiger partial charge in [-0.25, -0.2) is 9.78 Å². The van der Waals surface area contributed by atoms with Gasteiger partial charge in [-0.15, -0.1) is 0 Å². The van der Waals surface area contributed by atoms with E-state index in [9.17, 15) is 14.4 Å². The van der Waals surface area contributed by atoms with Gasteiger partial charge in [0, 0.05) is 51.0 Å². The second-order valence-corrected chi connectivity index (χ2v) is 9.54. The Kier molecular flexibility index (Phi) is 7.33. The lowest BCUT2D eigenvalue weighted by Gasteiger charge is -2.29. The van der Waals surface area contributed by atoms with Crippen molar-refractivity contribution in [2.24, 2.45) is 0 Å². The number of carbonyl (C=O) groups is 3. The van der Waals surface area contributed by atoms with Crippen molar-refractivity contribution >= 4 is 52.5 Å². The average molecular weight is 510 g/mol. The minimum absolute atomic E-state index is 0.134. The Labute approximate surface area is 212 Å². The minimum atomic E-state index is -0.423. The second-order valence-electron chi connectivity index (χ2n) is 8.53. The lowest BCUT2D eigenvalue weighted by Crippen LogP contribution is -2.39. The van der Waals surface area contributed by atoms with E-state index >= 15 is 0 Å². The highest BCUT2D eigenvalue weighted by atomic mass is 32.2. The van der Waals surface area contributed by atoms with Crippen molar-refractivity contribution < 1.29 is 19.1 Å². The first-order valence-corrected chi connectivity index (χ1v) is 12.7. The maximum absolute atomic E-state index is 12.8. The van der Waals surface area contributed by atoms with Gasteiger partial charge in [-0.1, -0.05) is 18.2 Å². The molecule has 3 fully saturated rings. The normalized spacial score (nSPS) is 19.9. The summed E-state index contributed by atoms with van der Waals surface area (Å²) in [6.45, 7) is 5.02. The number of thioether (sulfide) groups is 1. The number of imide groups is 1. The number of morpholine rings is 1. The number of hydrogen-bond donors (Lipinski definition) is 2. The number of aromatic nitrogens is 2. The highest BCUT2D eigenvalue weighted by Gasteiger charge is 2.26. The van der Waals surface area contributed by atoms with E-state index in [0.29, 0.717) is 69.0 Å². The molecule has 0 atom stereocenters. The van der Waals surface area contributed by atoms with Crippen molar-refractivity contribution in [2.45, 2.75) is 6.42 Å². The number of rotatable bonds is 4. The molecule has 5 rings (SSSR count). The number of benzene rings is 1. The van der Waals surface area contributed by atoms with Gasteiger partial charge >= 0.3 is 6.03 Å². The van der Waals surface area contributed by atoms with Crippen LogP contribution in [-0.2, 0) is 9.53 Å². The number of para-hydroxylation sites is 1. The van der Waals surface area contributed by atoms with Crippen LogP contribution in [0, 0.1) is 0 Å². The fourth-order valence-corrected chi connectivity index (χ4v) is 4.88. The molecule has 0 bridgehead atoms. The number of nitrogens with one attached hydrogen (secondary N) is 2. The lowest BCUT2D eigenvalue weighted by molar-refractivity contribution is -0.115. The molecule has 4 amide bonds. The minimum Gasteiger partial charge on any atom is -0.378 e. The number of anilines is 3. The van der Waals surface area contributed by atoms with Gasteiger partial charge in [0.25, 0.3) is 11.1 Å². The Hall–Kier alpha value is -3.64. The molecule has 0 aliphatic carbocycles. The second kappa shape index (κ2) is 11.0. The maximum Gasteiger partial charge on any atom is 0.321 e. The number of urea groups is 1. The van der Waals surface area contributed by atoms with Crippen LogP contribution in [0.5, 0.6) is 0 Å². The third-order valence-electron chi connectivity index (χ3n) is 6.07. The number of amides is 4. The molecule has 0 saturated carbocycles. The molecular weight excluding hydrogens is 482 g/mol. The number of hydrogen-bond acceptors (Lipinski definition) is 9. The van der Waals surface area contributed by atoms with Gasteiger partial charge in [-0.05, 0) is 36.4 Å². The van der Waals surface area contributed by atoms with Crippen molar-refractivity contribution in [3.63, 3.8) is 0 Å². The van der Waals surface area contributed by atoms with E-state index in [2.05, 4.69) is 20.4 Å². The summed E-state index contributed by atoms with van der Waals surface area (Å²) >= 11 is 0.862. The molecule has 3 saturated heterocycles. The molecule has 0 radical (unpaired) electrons. The van der Waals surface area contributed by atoms with Gasteiger partial charge in [0.05, 0.1) is 23.8 Å². The molecule has 1 aromatic carbocycles. The highest BCUT2D eigenvalue weighted by Crippen LogP contribution is 2.27. The summed E-state index contributed by atoms with van der Waals surface area (Å²) in [6.07, 6.45) is 2.38. The first-order chi connectivity index (χ1) is 17.5. The van der Waals surface area contributed by atoms with E-state index in [-0.39, 0.29) is 6.03 Å². The highest BCUT2D eigenvalue weighted by molar-refractivity contribution is 8.18. The van der Waals surface area contributed by atoms with Gasteiger partial charge in [0.15, 0.2) is 0 Å². The molecule has 4 heterocycles. The zero-order valence-corrected chi connectivity index (χ0v) is 20.5. The zero-order valence-electron chi connectivity index (χ0n) is 19.7. The molecule has 0 spiro atoms. The monoisotopic (exact) mass is 509 g/mol. The molecule has 12 heteroatoms. The predicted molar refractivity (Wildman–Crippen MR) is 138 cm³/mol. The van der Waals surface area contributed by atoms with Crippen molar-refractivity contribution in [3.05, 3.63) is 47.0 Å². The Morgan fingerprint density at radius 1 is 1.00 bits per heavy atom. The molecule has 1 aromatic heterocycles. The van der Waals surface area contributed by atoms with E-state index in [4.69, 9.17) is 14.7 Å². The largest absolute Gasteiger partial charge is 0.378 e. The number of nitrogens with zero attached hydrogens (tertiary/aromatic N) is 5. The molecule has 0 unspecified atom stereocenters. The summed E-state index contributed by atoms with van der Waals surface area (Å²) in [5.74, 6) is 0.853. The number of ether oxygens (including phenoxy) is 1. The third kappa shape index (κ3) is 5.77. The van der Waals surface area contributed by atoms with E-state index in [1.54, 1.807) is 11.0 Å². The molecular formula is C24H27N7O4S. The molecule has 3 aliphatic rings. The van der Waals surface area contributed by atoms with E-state index in [1.807, 2.05) is 36.4 Å². The summed E-state index contributed by atoms with van der Waals surface area (Å²) in [5, 5.41) is 4.83. The topological polar surface area (TPSA) is 120 Å². The van der Waals surface area contributed by atoms with Crippen LogP contribution in [0.2, 0.25) is 0 Å². The summed E-state index contributed by atoms with van der Waals surface area (Å²) in [5.41, 5.74) is 1.31. The van der Waals surface area contributed by atoms with Gasteiger partial charge in [-0.2, -0.15) is 4.98 Å². The van der Waals surface area contributed by atoms with Crippen LogP contribution in [0.25, 0.3) is 6.08 Å². The lowest BCUT2D eigenvalue weighted by atomic mass is 10.3. The smallest absolute Gasteiger partial charge is 0.321 e. The molecule has 188 valence electrons. The summed E-state index contributed by atoms with van der Waals surface area (Å²) in [4.78, 5) is 52.3. The Bertz CT molecular complexity index is 1170. The fraction of sp³-hybridized carbons (Fsp3) is 0.375. The Balaban J connectivity index is 1.35. The predicted octanol–water partition coefficient (Wildman–Crippen LogP) is 2.38. The van der Waals surface area contributed by atoms with Gasteiger partial charge < -0.3 is 24.8 Å². The van der Waals surface area contributed by atoms with Gasteiger partial charge in [0.1, 0.15) is 5.82 Å². The van der Waals surface area contributed by atoms with Crippen LogP contribution in [-0.4, -0.2) is 84.5 Å². The molecule has 3 aliphatic heterocycles. The SMILES string of the molecule is O=C1NC(=O)/C(=C\c2cc(N3CCOCC3)nc(N3CCCN(C(=O)Nc4ccccc4)CC3)n2)S1. The maximum atomic E-state index is 12.8. The standard InChI is InChI=1S/C24H27N7O4S/c32-21-19(36-24(34)28-21)15-18-16-20(29-11-13-35-14-12-29)27-22(25-18)30-7-4-8-31(10-9-30)23(33)26-17-5-2-1-3-6-17/h1-3,5-6,15-16H,4,7-14H2,(H,26,33)(H,28,32,34)/b19-15+. The third-order valence-corrected chi connectivity index (χ3v) is 6.88. The first kappa shape index (κ1) is 24.1. The Morgan fingerprint density at radius 2 is 1.81 bits per heavy atom. The van der Waals surface area contributed by atoms with Crippen molar-refractivity contribution in [3.8, 4) is 0 Å². The number of carbonyl (C=O) groups excluding carboxylic acids is 3. The van der Waals surface area contributed by atoms with Crippen LogP contribution < -0.4 is 20.4 Å². The van der Waals surface area contributed by atoms with Crippen molar-refractivity contribution in [1.82, 2.24) is 20.2 Å². The van der Waals surface area contributed by atoms with Gasteiger partial charge in [-0.3, -0.25) is 14.9 Å². The van der Waals surface area contributed by atoms with Crippen LogP contribution in [0.4, 0.5) is 27.0 Å². The summed E-state index contributed by atoms with van der Waals surface area (Å²) < 4.78 is 5.48. The summed E-state index contributed by atoms with van der Waals surface area (Å²) in [6, 6.07) is 11.1. The van der Waals surface area contributed by atoms with Crippen molar-refractivity contribution in [2.75, 3.05) is 67.6 Å². The van der Waals surface area contributed by atoms with Crippen molar-refractivity contribution in [1.29, 1.82) is 0 Å².